The fourth-order valence-electron chi connectivity index (χ4n) is 3.97. The molecular formula is C20H25N3OS. The Kier molecular flexibility index (Phi) is 5.04. The van der Waals surface area contributed by atoms with Gasteiger partial charge in [0, 0.05) is 37.1 Å². The van der Waals surface area contributed by atoms with Gasteiger partial charge in [0.2, 0.25) is 0 Å². The van der Waals surface area contributed by atoms with Gasteiger partial charge < -0.3 is 10.2 Å². The summed E-state index contributed by atoms with van der Waals surface area (Å²) >= 11 is 1.68. The molecule has 1 fully saturated rings. The molecule has 0 radical (unpaired) electrons. The molecule has 25 heavy (non-hydrogen) atoms. The van der Waals surface area contributed by atoms with Crippen LogP contribution < -0.4 is 5.32 Å². The Balaban J connectivity index is 1.26. The van der Waals surface area contributed by atoms with Crippen LogP contribution >= 0.6 is 11.3 Å². The zero-order chi connectivity index (χ0) is 17.1. The third-order valence-electron chi connectivity index (χ3n) is 5.43. The maximum absolute atomic E-state index is 12.3. The number of rotatable bonds is 3. The highest BCUT2D eigenvalue weighted by Crippen LogP contribution is 2.25. The number of carbonyl (C=O) groups excluding carboxylic acids is 1. The molecule has 5 heteroatoms. The van der Waals surface area contributed by atoms with E-state index in [1.54, 1.807) is 11.3 Å². The van der Waals surface area contributed by atoms with Gasteiger partial charge >= 0.3 is 6.03 Å². The van der Waals surface area contributed by atoms with E-state index in [4.69, 9.17) is 0 Å². The lowest BCUT2D eigenvalue weighted by molar-refractivity contribution is 0.101. The molecule has 2 heterocycles. The number of carbonyl (C=O) groups is 1. The van der Waals surface area contributed by atoms with E-state index >= 15 is 0 Å². The Morgan fingerprint density at radius 3 is 2.64 bits per heavy atom. The van der Waals surface area contributed by atoms with Crippen molar-refractivity contribution in [1.82, 2.24) is 15.1 Å². The number of hydrogen-bond acceptors (Lipinski definition) is 3. The lowest BCUT2D eigenvalue weighted by Crippen LogP contribution is -2.54. The molecule has 132 valence electrons. The molecule has 1 N–H and O–H groups in total. The van der Waals surface area contributed by atoms with Crippen LogP contribution in [0.25, 0.3) is 0 Å². The van der Waals surface area contributed by atoms with Crippen LogP contribution in [0, 0.1) is 0 Å². The number of amides is 2. The minimum Gasteiger partial charge on any atom is -0.333 e. The van der Waals surface area contributed by atoms with Gasteiger partial charge in [-0.05, 0) is 41.8 Å². The summed E-state index contributed by atoms with van der Waals surface area (Å²) in [6.45, 7) is 4.26. The van der Waals surface area contributed by atoms with Gasteiger partial charge in [0.05, 0.1) is 6.54 Å². The van der Waals surface area contributed by atoms with Gasteiger partial charge in [0.25, 0.3) is 0 Å². The molecule has 2 aromatic rings. The van der Waals surface area contributed by atoms with Gasteiger partial charge in [-0.3, -0.25) is 4.90 Å². The van der Waals surface area contributed by atoms with Crippen molar-refractivity contribution in [2.75, 3.05) is 26.2 Å². The van der Waals surface area contributed by atoms with Gasteiger partial charge in [-0.2, -0.15) is 0 Å². The highest BCUT2D eigenvalue weighted by atomic mass is 32.1. The van der Waals surface area contributed by atoms with E-state index in [1.165, 1.54) is 28.8 Å². The zero-order valence-electron chi connectivity index (χ0n) is 14.5. The van der Waals surface area contributed by atoms with E-state index in [-0.39, 0.29) is 6.03 Å². The maximum Gasteiger partial charge on any atom is 0.317 e. The van der Waals surface area contributed by atoms with Gasteiger partial charge in [-0.1, -0.05) is 30.3 Å². The van der Waals surface area contributed by atoms with Crippen LogP contribution in [0.2, 0.25) is 0 Å². The second kappa shape index (κ2) is 7.58. The van der Waals surface area contributed by atoms with E-state index in [2.05, 4.69) is 40.5 Å². The normalized spacial score (nSPS) is 21.0. The van der Waals surface area contributed by atoms with Crippen molar-refractivity contribution in [2.45, 2.75) is 31.8 Å². The fourth-order valence-corrected chi connectivity index (χ4v) is 4.61. The number of piperazine rings is 1. The van der Waals surface area contributed by atoms with Crippen molar-refractivity contribution in [3.05, 3.63) is 57.8 Å². The van der Waals surface area contributed by atoms with Crippen molar-refractivity contribution in [3.63, 3.8) is 0 Å². The number of aryl methyl sites for hydroxylation is 1. The molecule has 0 bridgehead atoms. The summed E-state index contributed by atoms with van der Waals surface area (Å²) in [5.74, 6) is 0. The third kappa shape index (κ3) is 3.88. The Morgan fingerprint density at radius 1 is 1.08 bits per heavy atom. The monoisotopic (exact) mass is 355 g/mol. The highest BCUT2D eigenvalue weighted by Gasteiger charge is 2.28. The van der Waals surface area contributed by atoms with E-state index in [9.17, 15) is 4.79 Å². The first kappa shape index (κ1) is 16.6. The second-order valence-corrected chi connectivity index (χ2v) is 7.96. The smallest absolute Gasteiger partial charge is 0.317 e. The Labute approximate surface area is 153 Å². The summed E-state index contributed by atoms with van der Waals surface area (Å²) in [6, 6.07) is 13.6. The summed E-state index contributed by atoms with van der Waals surface area (Å²) < 4.78 is 0. The second-order valence-electron chi connectivity index (χ2n) is 6.93. The van der Waals surface area contributed by atoms with E-state index < -0.39 is 0 Å². The molecule has 0 spiro atoms. The minimum absolute atomic E-state index is 0.0713. The first-order valence-electron chi connectivity index (χ1n) is 9.15. The topological polar surface area (TPSA) is 35.6 Å². The number of urea groups is 1. The molecule has 2 amide bonds. The average Bonchev–Trinajstić information content (AvgIpc) is 3.19. The first-order valence-corrected chi connectivity index (χ1v) is 10.0. The summed E-state index contributed by atoms with van der Waals surface area (Å²) in [5, 5.41) is 5.09. The summed E-state index contributed by atoms with van der Waals surface area (Å²) in [5.41, 5.74) is 3.03. The molecule has 2 aliphatic rings. The quantitative estimate of drug-likeness (QED) is 0.918. The largest absolute Gasteiger partial charge is 0.333 e. The zero-order valence-corrected chi connectivity index (χ0v) is 15.3. The molecular weight excluding hydrogens is 330 g/mol. The Hall–Kier alpha value is -1.85. The van der Waals surface area contributed by atoms with Crippen LogP contribution in [0.15, 0.2) is 41.8 Å². The molecule has 0 saturated carbocycles. The van der Waals surface area contributed by atoms with Gasteiger partial charge in [0.15, 0.2) is 0 Å². The van der Waals surface area contributed by atoms with Crippen molar-refractivity contribution in [2.24, 2.45) is 0 Å². The average molecular weight is 356 g/mol. The van der Waals surface area contributed by atoms with Gasteiger partial charge in [-0.15, -0.1) is 11.3 Å². The number of nitrogens with one attached hydrogen (secondary N) is 1. The number of fused-ring (bicyclic) bond motifs is 1. The van der Waals surface area contributed by atoms with E-state index in [0.29, 0.717) is 12.6 Å². The molecule has 4 nitrogen and oxygen atoms in total. The molecule has 4 rings (SSSR count). The molecule has 1 aromatic heterocycles. The van der Waals surface area contributed by atoms with Crippen molar-refractivity contribution in [3.8, 4) is 0 Å². The van der Waals surface area contributed by atoms with Gasteiger partial charge in [0.1, 0.15) is 0 Å². The fraction of sp³-hybridized carbons (Fsp3) is 0.450. The summed E-state index contributed by atoms with van der Waals surface area (Å²) in [6.07, 6.45) is 3.57. The number of nitrogens with zero attached hydrogens (tertiary/aromatic N) is 2. The lowest BCUT2D eigenvalue weighted by Gasteiger charge is -2.41. The number of hydrogen-bond donors (Lipinski definition) is 1. The lowest BCUT2D eigenvalue weighted by atomic mass is 9.87. The van der Waals surface area contributed by atoms with Crippen LogP contribution in [-0.4, -0.2) is 48.1 Å². The standard InChI is InChI=1S/C20H25N3OS/c24-20(21-15-19-6-3-13-25-19)23-11-9-22(10-12-23)18-8-7-16-4-1-2-5-17(16)14-18/h1-6,13,18H,7-12,14-15H2,(H,21,24)/t18-/m1/s1. The molecule has 0 unspecified atom stereocenters. The van der Waals surface area contributed by atoms with Crippen molar-refractivity contribution in [1.29, 1.82) is 0 Å². The van der Waals surface area contributed by atoms with E-state index in [0.717, 1.165) is 32.6 Å². The number of thiophene rings is 1. The molecule has 1 aliphatic carbocycles. The molecule has 1 atom stereocenters. The van der Waals surface area contributed by atoms with E-state index in [1.807, 2.05) is 16.3 Å². The third-order valence-corrected chi connectivity index (χ3v) is 6.31. The Bertz CT molecular complexity index is 707. The minimum atomic E-state index is 0.0713. The highest BCUT2D eigenvalue weighted by molar-refractivity contribution is 7.09. The first-order chi connectivity index (χ1) is 12.3. The SMILES string of the molecule is O=C(NCc1cccs1)N1CCN([C@@H]2CCc3ccccc3C2)CC1. The van der Waals surface area contributed by atoms with Gasteiger partial charge in [-0.25, -0.2) is 4.79 Å². The van der Waals surface area contributed by atoms with Crippen LogP contribution in [0.3, 0.4) is 0 Å². The molecule has 1 saturated heterocycles. The van der Waals surface area contributed by atoms with Crippen LogP contribution in [-0.2, 0) is 19.4 Å². The van der Waals surface area contributed by atoms with Crippen LogP contribution in [0.1, 0.15) is 22.4 Å². The summed E-state index contributed by atoms with van der Waals surface area (Å²) in [7, 11) is 0. The number of benzene rings is 1. The summed E-state index contributed by atoms with van der Waals surface area (Å²) in [4.78, 5) is 18.1. The van der Waals surface area contributed by atoms with Crippen LogP contribution in [0.5, 0.6) is 0 Å². The molecule has 1 aliphatic heterocycles. The Morgan fingerprint density at radius 2 is 1.88 bits per heavy atom. The maximum atomic E-state index is 12.3. The predicted octanol–water partition coefficient (Wildman–Crippen LogP) is 3.13. The van der Waals surface area contributed by atoms with Crippen molar-refractivity contribution < 1.29 is 4.79 Å². The predicted molar refractivity (Wildman–Crippen MR) is 102 cm³/mol. The molecule has 1 aromatic carbocycles. The van der Waals surface area contributed by atoms with Crippen LogP contribution in [0.4, 0.5) is 4.79 Å². The van der Waals surface area contributed by atoms with Crippen molar-refractivity contribution >= 4 is 17.4 Å².